The molecule has 196 valence electrons. The van der Waals surface area contributed by atoms with Gasteiger partial charge in [0, 0.05) is 39.3 Å². The summed E-state index contributed by atoms with van der Waals surface area (Å²) in [7, 11) is 0. The maximum absolute atomic E-state index is 13.8. The molecule has 0 radical (unpaired) electrons. The van der Waals surface area contributed by atoms with Gasteiger partial charge in [-0.2, -0.15) is 0 Å². The van der Waals surface area contributed by atoms with Crippen LogP contribution in [-0.2, 0) is 9.53 Å². The van der Waals surface area contributed by atoms with Crippen molar-refractivity contribution >= 4 is 12.0 Å². The molecule has 3 aliphatic heterocycles. The van der Waals surface area contributed by atoms with E-state index in [1.54, 1.807) is 10.5 Å². The molecule has 6 rings (SSSR count). The highest BCUT2D eigenvalue weighted by molar-refractivity contribution is 5.86. The summed E-state index contributed by atoms with van der Waals surface area (Å²) in [6.07, 6.45) is 7.57. The Morgan fingerprint density at radius 3 is 2.29 bits per heavy atom. The zero-order valence-electron chi connectivity index (χ0n) is 23.2. The summed E-state index contributed by atoms with van der Waals surface area (Å²) in [4.78, 5) is 33.0. The Bertz CT molecular complexity index is 901. The van der Waals surface area contributed by atoms with Crippen molar-refractivity contribution in [2.24, 2.45) is 28.1 Å². The largest absolute Gasteiger partial charge is 0.444 e. The van der Waals surface area contributed by atoms with Crippen LogP contribution in [0.1, 0.15) is 80.6 Å². The summed E-state index contributed by atoms with van der Waals surface area (Å²) in [5.74, 6) is 1.75. The van der Waals surface area contributed by atoms with Gasteiger partial charge in [-0.1, -0.05) is 39.3 Å². The van der Waals surface area contributed by atoms with Crippen LogP contribution in [0, 0.1) is 28.1 Å². The zero-order valence-corrected chi connectivity index (χ0v) is 23.2. The summed E-state index contributed by atoms with van der Waals surface area (Å²) >= 11 is 0. The van der Waals surface area contributed by atoms with Gasteiger partial charge in [-0.3, -0.25) is 14.6 Å². The number of carbonyl (C=O) groups is 2. The molecule has 0 aromatic rings. The molecule has 3 heterocycles. The normalized spacial score (nSPS) is 38.6. The molecule has 6 nitrogen and oxygen atoms in total. The molecule has 6 heteroatoms. The molecular formula is C29H47N3O3. The number of amides is 2. The van der Waals surface area contributed by atoms with E-state index in [2.05, 4.69) is 43.6 Å². The highest BCUT2D eigenvalue weighted by atomic mass is 16.6. The van der Waals surface area contributed by atoms with Crippen molar-refractivity contribution in [2.75, 3.05) is 39.3 Å². The fraction of sp³-hybridized carbons (Fsp3) is 0.862. The smallest absolute Gasteiger partial charge is 0.410 e. The third kappa shape index (κ3) is 4.65. The van der Waals surface area contributed by atoms with E-state index < -0.39 is 5.60 Å². The maximum Gasteiger partial charge on any atom is 0.410 e. The fourth-order valence-electron chi connectivity index (χ4n) is 8.42. The Balaban J connectivity index is 1.26. The number of allylic oxidation sites excluding steroid dienone is 1. The van der Waals surface area contributed by atoms with Crippen LogP contribution in [0.15, 0.2) is 11.6 Å². The van der Waals surface area contributed by atoms with Crippen molar-refractivity contribution in [1.82, 2.24) is 14.7 Å². The summed E-state index contributed by atoms with van der Waals surface area (Å²) in [5, 5.41) is 0. The van der Waals surface area contributed by atoms with E-state index in [-0.39, 0.29) is 28.9 Å². The standard InChI is InChI=1S/C29H47N3O3/c1-26(2,3)35-25(34)32-12-8-9-23(32)24(33)31-18-28(6)15-29(7,19-31)17-30(16-28)14-20-10-11-21-13-22(20)27(21,4)5/h10,21-23H,8-9,11-19H2,1-7H3/t21-,22-,23+,28?,29?/m1/s1. The number of rotatable bonds is 3. The summed E-state index contributed by atoms with van der Waals surface area (Å²) in [6, 6.07) is -0.381. The van der Waals surface area contributed by atoms with Crippen molar-refractivity contribution in [1.29, 1.82) is 0 Å². The van der Waals surface area contributed by atoms with Crippen LogP contribution in [0.25, 0.3) is 0 Å². The number of carbonyl (C=O) groups excluding carboxylic acids is 2. The van der Waals surface area contributed by atoms with Gasteiger partial charge >= 0.3 is 6.09 Å². The Hall–Kier alpha value is -1.56. The monoisotopic (exact) mass is 485 g/mol. The Morgan fingerprint density at radius 2 is 1.71 bits per heavy atom. The molecule has 0 aromatic heterocycles. The molecule has 5 atom stereocenters. The Labute approximate surface area is 212 Å². The second kappa shape index (κ2) is 8.22. The number of piperidine rings is 2. The molecule has 0 aromatic carbocycles. The lowest BCUT2D eigenvalue weighted by Gasteiger charge is -2.59. The molecule has 6 aliphatic rings. The van der Waals surface area contributed by atoms with E-state index in [0.717, 1.165) is 63.8 Å². The van der Waals surface area contributed by atoms with Crippen LogP contribution >= 0.6 is 0 Å². The highest BCUT2D eigenvalue weighted by Gasteiger charge is 2.54. The maximum atomic E-state index is 13.8. The van der Waals surface area contributed by atoms with Crippen LogP contribution in [0.2, 0.25) is 0 Å². The zero-order chi connectivity index (χ0) is 25.4. The van der Waals surface area contributed by atoms with Gasteiger partial charge in [0.2, 0.25) is 5.91 Å². The third-order valence-electron chi connectivity index (χ3n) is 9.68. The lowest BCUT2D eigenvalue weighted by molar-refractivity contribution is -0.149. The lowest BCUT2D eigenvalue weighted by atomic mass is 9.49. The van der Waals surface area contributed by atoms with Crippen LogP contribution in [0.4, 0.5) is 4.79 Å². The highest BCUT2D eigenvalue weighted by Crippen LogP contribution is 2.59. The molecule has 4 fully saturated rings. The first-order valence-corrected chi connectivity index (χ1v) is 13.9. The number of hydrogen-bond donors (Lipinski definition) is 0. The van der Waals surface area contributed by atoms with Crippen LogP contribution in [0.5, 0.6) is 0 Å². The van der Waals surface area contributed by atoms with Gasteiger partial charge in [-0.05, 0) is 81.0 Å². The predicted molar refractivity (Wildman–Crippen MR) is 138 cm³/mol. The number of nitrogens with zero attached hydrogens (tertiary/aromatic N) is 3. The predicted octanol–water partition coefficient (Wildman–Crippen LogP) is 4.94. The molecular weight excluding hydrogens is 438 g/mol. The first-order chi connectivity index (χ1) is 16.2. The Morgan fingerprint density at radius 1 is 1.06 bits per heavy atom. The molecule has 0 spiro atoms. The van der Waals surface area contributed by atoms with E-state index >= 15 is 0 Å². The molecule has 0 N–H and O–H groups in total. The Kier molecular flexibility index (Phi) is 5.90. The minimum Gasteiger partial charge on any atom is -0.444 e. The van der Waals surface area contributed by atoms with E-state index in [4.69, 9.17) is 4.74 Å². The van der Waals surface area contributed by atoms with Gasteiger partial charge in [-0.15, -0.1) is 0 Å². The average Bonchev–Trinajstić information content (AvgIpc) is 3.20. The van der Waals surface area contributed by atoms with Crippen LogP contribution in [0.3, 0.4) is 0 Å². The van der Waals surface area contributed by atoms with Crippen molar-refractivity contribution in [3.63, 3.8) is 0 Å². The summed E-state index contributed by atoms with van der Waals surface area (Å²) in [6.45, 7) is 20.6. The van der Waals surface area contributed by atoms with Crippen molar-refractivity contribution in [2.45, 2.75) is 92.2 Å². The van der Waals surface area contributed by atoms with Crippen LogP contribution in [-0.4, -0.2) is 77.6 Å². The van der Waals surface area contributed by atoms with Gasteiger partial charge in [-0.25, -0.2) is 4.79 Å². The topological polar surface area (TPSA) is 53.1 Å². The molecule has 1 saturated carbocycles. The molecule has 35 heavy (non-hydrogen) atoms. The molecule has 4 bridgehead atoms. The van der Waals surface area contributed by atoms with Gasteiger partial charge < -0.3 is 9.64 Å². The van der Waals surface area contributed by atoms with Crippen LogP contribution < -0.4 is 0 Å². The third-order valence-corrected chi connectivity index (χ3v) is 9.68. The number of fused-ring (bicyclic) bond motifs is 3. The first kappa shape index (κ1) is 25.1. The molecule has 2 amide bonds. The van der Waals surface area contributed by atoms with Gasteiger partial charge in [0.15, 0.2) is 0 Å². The SMILES string of the molecule is CC12CN(CC3=CC[C@@H]4C[C@H]3C4(C)C)CC(C)(CN(C(=O)[C@@H]3CCCN3C(=O)OC(C)(C)C)C1)C2. The second-order valence-corrected chi connectivity index (χ2v) is 14.8. The van der Waals surface area contributed by atoms with Crippen molar-refractivity contribution in [3.05, 3.63) is 11.6 Å². The molecule has 3 aliphatic carbocycles. The minimum absolute atomic E-state index is 0.0865. The average molecular weight is 486 g/mol. The fourth-order valence-corrected chi connectivity index (χ4v) is 8.42. The summed E-state index contributed by atoms with van der Waals surface area (Å²) < 4.78 is 5.62. The van der Waals surface area contributed by atoms with E-state index in [9.17, 15) is 9.59 Å². The van der Waals surface area contributed by atoms with E-state index in [0.29, 0.717) is 12.0 Å². The lowest BCUT2D eigenvalue weighted by Crippen LogP contribution is -2.65. The van der Waals surface area contributed by atoms with E-state index in [1.807, 2.05) is 20.8 Å². The van der Waals surface area contributed by atoms with Crippen molar-refractivity contribution < 1.29 is 14.3 Å². The first-order valence-electron chi connectivity index (χ1n) is 13.9. The number of ether oxygens (including phenoxy) is 1. The number of hydrogen-bond acceptors (Lipinski definition) is 4. The van der Waals surface area contributed by atoms with E-state index in [1.165, 1.54) is 12.8 Å². The van der Waals surface area contributed by atoms with Gasteiger partial charge in [0.1, 0.15) is 11.6 Å². The van der Waals surface area contributed by atoms with Gasteiger partial charge in [0.25, 0.3) is 0 Å². The molecule has 2 unspecified atom stereocenters. The van der Waals surface area contributed by atoms with Crippen molar-refractivity contribution in [3.8, 4) is 0 Å². The molecule has 3 saturated heterocycles. The van der Waals surface area contributed by atoms with Gasteiger partial charge in [0.05, 0.1) is 0 Å². The number of likely N-dealkylation sites (tertiary alicyclic amines) is 3. The summed E-state index contributed by atoms with van der Waals surface area (Å²) in [5.41, 5.74) is 1.75. The minimum atomic E-state index is -0.552. The second-order valence-electron chi connectivity index (χ2n) is 14.8. The quantitative estimate of drug-likeness (QED) is 0.532.